The number of benzene rings is 1. The Labute approximate surface area is 128 Å². The summed E-state index contributed by atoms with van der Waals surface area (Å²) in [5.74, 6) is -1.58. The zero-order valence-electron chi connectivity index (χ0n) is 11.1. The van der Waals surface area contributed by atoms with E-state index in [-0.39, 0.29) is 21.5 Å². The Bertz CT molecular complexity index is 614. The van der Waals surface area contributed by atoms with Gasteiger partial charge in [-0.25, -0.2) is 9.59 Å². The van der Waals surface area contributed by atoms with Crippen molar-refractivity contribution >= 4 is 39.2 Å². The number of hydrogen-bond donors (Lipinski definition) is 1. The summed E-state index contributed by atoms with van der Waals surface area (Å²) < 4.78 is 9.21. The first kappa shape index (κ1) is 16.6. The first-order valence-corrected chi connectivity index (χ1v) is 6.27. The van der Waals surface area contributed by atoms with Crippen LogP contribution in [-0.4, -0.2) is 31.1 Å². The monoisotopic (exact) mass is 358 g/mol. The van der Waals surface area contributed by atoms with Crippen molar-refractivity contribution in [3.63, 3.8) is 0 Å². The van der Waals surface area contributed by atoms with Crippen LogP contribution in [0.15, 0.2) is 34.4 Å². The molecule has 1 aromatic carbocycles. The van der Waals surface area contributed by atoms with E-state index in [2.05, 4.69) is 30.7 Å². The minimum absolute atomic E-state index is 0.192. The second kappa shape index (κ2) is 7.39. The third kappa shape index (κ3) is 4.56. The summed E-state index contributed by atoms with van der Waals surface area (Å²) in [5, 5.41) is 13.4. The van der Waals surface area contributed by atoms with Gasteiger partial charge >= 0.3 is 11.9 Å². The van der Waals surface area contributed by atoms with Crippen molar-refractivity contribution in [3.8, 4) is 0 Å². The molecule has 112 valence electrons. The molecular weight excluding hydrogens is 348 g/mol. The maximum absolute atomic E-state index is 11.5. The number of carbonyl (C=O) groups is 2. The van der Waals surface area contributed by atoms with E-state index in [0.717, 1.165) is 20.3 Å². The highest BCUT2D eigenvalue weighted by atomic mass is 79.9. The number of nitrogens with one attached hydrogen (secondary N) is 1. The molecule has 0 aliphatic carbocycles. The van der Waals surface area contributed by atoms with Gasteiger partial charge in [0.05, 0.1) is 29.7 Å². The van der Waals surface area contributed by atoms with Crippen molar-refractivity contribution in [2.75, 3.05) is 19.5 Å². The van der Waals surface area contributed by atoms with Gasteiger partial charge in [0.1, 0.15) is 5.70 Å². The average molecular weight is 359 g/mol. The molecule has 1 rings (SSSR count). The number of ether oxygens (including phenoxy) is 2. The third-order valence-electron chi connectivity index (χ3n) is 2.29. The highest BCUT2D eigenvalue weighted by Gasteiger charge is 2.16. The lowest BCUT2D eigenvalue weighted by molar-refractivity contribution is -0.385. The molecule has 21 heavy (non-hydrogen) atoms. The van der Waals surface area contributed by atoms with Crippen LogP contribution in [0.4, 0.5) is 11.4 Å². The molecule has 1 N–H and O–H groups in total. The molecular formula is C12H11BrN2O6. The summed E-state index contributed by atoms with van der Waals surface area (Å²) in [6.07, 6.45) is 0.889. The molecule has 0 atom stereocenters. The van der Waals surface area contributed by atoms with E-state index >= 15 is 0 Å². The van der Waals surface area contributed by atoms with Gasteiger partial charge in [0.25, 0.3) is 5.69 Å². The van der Waals surface area contributed by atoms with Gasteiger partial charge in [-0.2, -0.15) is 0 Å². The lowest BCUT2D eigenvalue weighted by atomic mass is 10.2. The molecule has 0 spiro atoms. The van der Waals surface area contributed by atoms with Crippen LogP contribution in [0.2, 0.25) is 0 Å². The molecule has 0 aromatic heterocycles. The minimum atomic E-state index is -0.814. The van der Waals surface area contributed by atoms with E-state index in [4.69, 9.17) is 0 Å². The number of nitro benzene ring substituents is 1. The molecule has 0 amide bonds. The van der Waals surface area contributed by atoms with Crippen LogP contribution in [0.1, 0.15) is 0 Å². The van der Waals surface area contributed by atoms with Crippen molar-refractivity contribution in [2.24, 2.45) is 0 Å². The average Bonchev–Trinajstić information content (AvgIpc) is 2.46. The van der Waals surface area contributed by atoms with Gasteiger partial charge in [0.2, 0.25) is 0 Å². The topological polar surface area (TPSA) is 108 Å². The fraction of sp³-hybridized carbons (Fsp3) is 0.167. The van der Waals surface area contributed by atoms with Gasteiger partial charge in [-0.15, -0.1) is 0 Å². The Morgan fingerprint density at radius 3 is 2.52 bits per heavy atom. The maximum Gasteiger partial charge on any atom is 0.354 e. The van der Waals surface area contributed by atoms with Gasteiger partial charge in [-0.05, 0) is 28.1 Å². The van der Waals surface area contributed by atoms with E-state index in [9.17, 15) is 19.7 Å². The molecule has 0 radical (unpaired) electrons. The van der Waals surface area contributed by atoms with Crippen molar-refractivity contribution in [1.82, 2.24) is 0 Å². The lowest BCUT2D eigenvalue weighted by Crippen LogP contribution is -2.15. The van der Waals surface area contributed by atoms with E-state index in [1.807, 2.05) is 0 Å². The van der Waals surface area contributed by atoms with Crippen LogP contribution in [0.3, 0.4) is 0 Å². The zero-order chi connectivity index (χ0) is 16.0. The highest BCUT2D eigenvalue weighted by molar-refractivity contribution is 9.10. The van der Waals surface area contributed by atoms with E-state index in [1.165, 1.54) is 18.2 Å². The fourth-order valence-electron chi connectivity index (χ4n) is 1.32. The predicted octanol–water partition coefficient (Wildman–Crippen LogP) is 2.00. The standard InChI is InChI=1S/C12H11BrN2O6/c1-20-11(16)6-9(12(17)21-2)14-7-3-4-8(13)10(5-7)15(18)19/h3-6,14H,1-2H3/b9-6+. The number of methoxy groups -OCH3 is 2. The van der Waals surface area contributed by atoms with Crippen LogP contribution < -0.4 is 5.32 Å². The van der Waals surface area contributed by atoms with Crippen molar-refractivity contribution in [2.45, 2.75) is 0 Å². The van der Waals surface area contributed by atoms with Crippen molar-refractivity contribution in [1.29, 1.82) is 0 Å². The summed E-state index contributed by atoms with van der Waals surface area (Å²) in [4.78, 5) is 33.0. The number of nitro groups is 1. The summed E-state index contributed by atoms with van der Waals surface area (Å²) in [7, 11) is 2.29. The number of hydrogen-bond acceptors (Lipinski definition) is 7. The largest absolute Gasteiger partial charge is 0.466 e. The molecule has 0 saturated heterocycles. The predicted molar refractivity (Wildman–Crippen MR) is 76.5 cm³/mol. The van der Waals surface area contributed by atoms with Gasteiger partial charge < -0.3 is 14.8 Å². The molecule has 0 saturated carbocycles. The van der Waals surface area contributed by atoms with E-state index in [0.29, 0.717) is 0 Å². The van der Waals surface area contributed by atoms with Crippen LogP contribution in [-0.2, 0) is 19.1 Å². The number of esters is 2. The Hall–Kier alpha value is -2.42. The summed E-state index contributed by atoms with van der Waals surface area (Å²) in [6.45, 7) is 0. The van der Waals surface area contributed by atoms with Crippen LogP contribution >= 0.6 is 15.9 Å². The second-order valence-electron chi connectivity index (χ2n) is 3.62. The lowest BCUT2D eigenvalue weighted by Gasteiger charge is -2.09. The molecule has 0 aliphatic heterocycles. The molecule has 8 nitrogen and oxygen atoms in total. The highest BCUT2D eigenvalue weighted by Crippen LogP contribution is 2.28. The van der Waals surface area contributed by atoms with Crippen molar-refractivity contribution < 1.29 is 24.0 Å². The maximum atomic E-state index is 11.5. The number of carbonyl (C=O) groups excluding carboxylic acids is 2. The zero-order valence-corrected chi connectivity index (χ0v) is 12.7. The van der Waals surface area contributed by atoms with Gasteiger partial charge in [0.15, 0.2) is 0 Å². The SMILES string of the molecule is COC(=O)/C=C(/Nc1ccc(Br)c([N+](=O)[O-])c1)C(=O)OC. The summed E-state index contributed by atoms with van der Waals surface area (Å²) in [6, 6.07) is 4.14. The van der Waals surface area contributed by atoms with E-state index < -0.39 is 16.9 Å². The molecule has 1 aromatic rings. The first-order valence-electron chi connectivity index (χ1n) is 5.48. The molecule has 0 heterocycles. The molecule has 0 unspecified atom stereocenters. The number of halogens is 1. The van der Waals surface area contributed by atoms with Crippen LogP contribution in [0, 0.1) is 10.1 Å². The van der Waals surface area contributed by atoms with Crippen molar-refractivity contribution in [3.05, 3.63) is 44.6 Å². The molecule has 9 heteroatoms. The first-order chi connectivity index (χ1) is 9.88. The minimum Gasteiger partial charge on any atom is -0.466 e. The van der Waals surface area contributed by atoms with Gasteiger partial charge in [0, 0.05) is 11.8 Å². The summed E-state index contributed by atoms with van der Waals surface area (Å²) in [5.41, 5.74) is -0.159. The van der Waals surface area contributed by atoms with Crippen LogP contribution in [0.25, 0.3) is 0 Å². The molecule has 0 bridgehead atoms. The van der Waals surface area contributed by atoms with Gasteiger partial charge in [-0.1, -0.05) is 0 Å². The quantitative estimate of drug-likeness (QED) is 0.371. The Kier molecular flexibility index (Phi) is 5.85. The third-order valence-corrected chi connectivity index (χ3v) is 2.96. The molecule has 0 fully saturated rings. The number of nitrogens with zero attached hydrogens (tertiary/aromatic N) is 1. The fourth-order valence-corrected chi connectivity index (χ4v) is 1.71. The Morgan fingerprint density at radius 2 is 2.00 bits per heavy atom. The second-order valence-corrected chi connectivity index (χ2v) is 4.48. The Balaban J connectivity index is 3.12. The normalized spacial score (nSPS) is 10.7. The Morgan fingerprint density at radius 1 is 1.33 bits per heavy atom. The van der Waals surface area contributed by atoms with E-state index in [1.54, 1.807) is 0 Å². The number of anilines is 1. The summed E-state index contributed by atoms with van der Waals surface area (Å²) >= 11 is 3.04. The molecule has 0 aliphatic rings. The smallest absolute Gasteiger partial charge is 0.354 e. The van der Waals surface area contributed by atoms with Gasteiger partial charge in [-0.3, -0.25) is 10.1 Å². The van der Waals surface area contributed by atoms with Crippen LogP contribution in [0.5, 0.6) is 0 Å². The number of rotatable bonds is 5.